The third-order valence-electron chi connectivity index (χ3n) is 2.61. The fraction of sp³-hybridized carbons (Fsp3) is 1.00. The molecule has 2 unspecified atom stereocenters. The van der Waals surface area contributed by atoms with Crippen LogP contribution in [0, 0.1) is 0 Å². The minimum absolute atomic E-state index is 0.674. The van der Waals surface area contributed by atoms with Crippen molar-refractivity contribution in [2.45, 2.75) is 52.7 Å². The molecule has 8 nitrogen and oxygen atoms in total. The first-order chi connectivity index (χ1) is 9.11. The molecule has 0 aromatic carbocycles. The molecule has 0 amide bonds. The summed E-state index contributed by atoms with van der Waals surface area (Å²) in [6.07, 6.45) is 2.95. The van der Waals surface area contributed by atoms with E-state index in [1.165, 1.54) is 0 Å². The van der Waals surface area contributed by atoms with Crippen LogP contribution in [0.2, 0.25) is 0 Å². The lowest BCUT2D eigenvalue weighted by Crippen LogP contribution is -2.36. The van der Waals surface area contributed by atoms with Gasteiger partial charge in [-0.1, -0.05) is 26.7 Å². The second-order valence-corrected chi connectivity index (χ2v) is 7.27. The molecule has 0 fully saturated rings. The van der Waals surface area contributed by atoms with E-state index < -0.39 is 21.9 Å². The zero-order valence-corrected chi connectivity index (χ0v) is 13.9. The first kappa shape index (κ1) is 20.2. The number of hydrogen-bond donors (Lipinski definition) is 3. The van der Waals surface area contributed by atoms with Gasteiger partial charge in [-0.25, -0.2) is 9.13 Å². The molecule has 10 heteroatoms. The van der Waals surface area contributed by atoms with Crippen LogP contribution < -0.4 is 0 Å². The summed E-state index contributed by atoms with van der Waals surface area (Å²) in [5.41, 5.74) is 0. The summed E-state index contributed by atoms with van der Waals surface area (Å²) in [7, 11) is -9.87. The molecule has 0 rings (SSSR count). The summed E-state index contributed by atoms with van der Waals surface area (Å²) < 4.78 is 30.6. The number of hydrogen-bond acceptors (Lipinski definition) is 5. The highest BCUT2D eigenvalue weighted by Gasteiger charge is 2.35. The van der Waals surface area contributed by atoms with Crippen molar-refractivity contribution in [2.75, 3.05) is 13.1 Å². The minimum atomic E-state index is -5.07. The lowest BCUT2D eigenvalue weighted by Gasteiger charge is -2.29. The molecule has 0 radical (unpaired) electrons. The van der Waals surface area contributed by atoms with Crippen LogP contribution >= 0.6 is 15.6 Å². The van der Waals surface area contributed by atoms with Gasteiger partial charge in [-0.15, -0.1) is 0 Å². The Bertz CT molecular complexity index is 352. The summed E-state index contributed by atoms with van der Waals surface area (Å²) in [5.74, 6) is 0. The highest BCUT2D eigenvalue weighted by molar-refractivity contribution is 7.60. The van der Waals surface area contributed by atoms with E-state index in [1.807, 2.05) is 18.7 Å². The van der Waals surface area contributed by atoms with Gasteiger partial charge in [0.2, 0.25) is 0 Å². The highest BCUT2D eigenvalue weighted by atomic mass is 31.3. The molecule has 0 spiro atoms. The Kier molecular flexibility index (Phi) is 9.38. The van der Waals surface area contributed by atoms with Gasteiger partial charge in [-0.05, 0) is 19.8 Å². The largest absolute Gasteiger partial charge is 0.482 e. The average Bonchev–Trinajstić information content (AvgIpc) is 2.24. The summed E-state index contributed by atoms with van der Waals surface area (Å²) in [4.78, 5) is 28.3. The zero-order chi connectivity index (χ0) is 15.8. The fourth-order valence-electron chi connectivity index (χ4n) is 1.61. The van der Waals surface area contributed by atoms with Crippen molar-refractivity contribution in [1.29, 1.82) is 0 Å². The van der Waals surface area contributed by atoms with Gasteiger partial charge >= 0.3 is 15.6 Å². The summed E-state index contributed by atoms with van der Waals surface area (Å²) in [5, 5.41) is 0. The van der Waals surface area contributed by atoms with Crippen molar-refractivity contribution in [1.82, 2.24) is 4.90 Å². The Morgan fingerprint density at radius 3 is 1.85 bits per heavy atom. The van der Waals surface area contributed by atoms with Gasteiger partial charge in [-0.2, -0.15) is 4.31 Å². The zero-order valence-electron chi connectivity index (χ0n) is 12.1. The molecular weight excluding hydrogens is 308 g/mol. The van der Waals surface area contributed by atoms with Gasteiger partial charge in [0.1, 0.15) is 6.23 Å². The molecule has 0 bridgehead atoms. The predicted molar refractivity (Wildman–Crippen MR) is 74.9 cm³/mol. The van der Waals surface area contributed by atoms with E-state index in [2.05, 4.69) is 4.31 Å². The molecule has 3 N–H and O–H groups in total. The molecule has 122 valence electrons. The summed E-state index contributed by atoms with van der Waals surface area (Å²) in [6, 6.07) is 0. The average molecular weight is 333 g/mol. The van der Waals surface area contributed by atoms with E-state index in [0.29, 0.717) is 13.1 Å². The predicted octanol–water partition coefficient (Wildman–Crippen LogP) is 2.46. The third-order valence-corrected chi connectivity index (χ3v) is 4.86. The van der Waals surface area contributed by atoms with Crippen LogP contribution in [0.1, 0.15) is 46.5 Å². The monoisotopic (exact) mass is 333 g/mol. The van der Waals surface area contributed by atoms with Crippen molar-refractivity contribution in [3.05, 3.63) is 0 Å². The van der Waals surface area contributed by atoms with Crippen LogP contribution in [0.5, 0.6) is 0 Å². The molecule has 20 heavy (non-hydrogen) atoms. The van der Waals surface area contributed by atoms with Crippen molar-refractivity contribution in [3.63, 3.8) is 0 Å². The Labute approximate surface area is 119 Å². The molecule has 0 aromatic heterocycles. The van der Waals surface area contributed by atoms with E-state index in [9.17, 15) is 14.0 Å². The van der Waals surface area contributed by atoms with Gasteiger partial charge in [0, 0.05) is 13.1 Å². The Morgan fingerprint density at radius 1 is 1.05 bits per heavy atom. The molecule has 0 saturated carbocycles. The molecule has 0 saturated heterocycles. The Morgan fingerprint density at radius 2 is 1.50 bits per heavy atom. The topological polar surface area (TPSA) is 117 Å². The lowest BCUT2D eigenvalue weighted by molar-refractivity contribution is 0.0143. The van der Waals surface area contributed by atoms with Crippen molar-refractivity contribution in [3.8, 4) is 0 Å². The first-order valence-electron chi connectivity index (χ1n) is 6.63. The Hall–Kier alpha value is 0.220. The highest BCUT2D eigenvalue weighted by Crippen LogP contribution is 2.58. The Balaban J connectivity index is 4.59. The van der Waals surface area contributed by atoms with Gasteiger partial charge in [0.25, 0.3) is 0 Å². The first-order valence-corrected chi connectivity index (χ1v) is 9.66. The summed E-state index contributed by atoms with van der Waals surface area (Å²) >= 11 is 0. The molecule has 0 aliphatic carbocycles. The maximum absolute atomic E-state index is 11.5. The van der Waals surface area contributed by atoms with E-state index in [1.54, 1.807) is 6.92 Å². The second-order valence-electron chi connectivity index (χ2n) is 4.49. The van der Waals surface area contributed by atoms with Crippen molar-refractivity contribution in [2.24, 2.45) is 0 Å². The van der Waals surface area contributed by atoms with E-state index in [-0.39, 0.29) is 0 Å². The minimum Gasteiger partial charge on any atom is -0.302 e. The number of rotatable bonds is 11. The van der Waals surface area contributed by atoms with E-state index in [4.69, 9.17) is 14.3 Å². The molecule has 2 atom stereocenters. The van der Waals surface area contributed by atoms with E-state index in [0.717, 1.165) is 25.7 Å². The number of phosphoric ester groups is 1. The van der Waals surface area contributed by atoms with Gasteiger partial charge in [0.15, 0.2) is 0 Å². The van der Waals surface area contributed by atoms with Crippen LogP contribution in [0.4, 0.5) is 0 Å². The fourth-order valence-corrected chi connectivity index (χ4v) is 3.36. The molecule has 0 aromatic rings. The van der Waals surface area contributed by atoms with Crippen molar-refractivity contribution < 1.29 is 32.6 Å². The third kappa shape index (κ3) is 10.0. The van der Waals surface area contributed by atoms with Crippen LogP contribution in [0.15, 0.2) is 0 Å². The lowest BCUT2D eigenvalue weighted by atomic mass is 10.2. The van der Waals surface area contributed by atoms with Crippen molar-refractivity contribution >= 4 is 15.6 Å². The van der Waals surface area contributed by atoms with E-state index >= 15 is 0 Å². The number of phosphoric acid groups is 2. The maximum Gasteiger partial charge on any atom is 0.482 e. The maximum atomic E-state index is 11.5. The SMILES string of the molecule is CCCCN(CCCC)C(C)OP(=O)(O)OP(=O)(O)O. The van der Waals surface area contributed by atoms with Crippen LogP contribution in [0.3, 0.4) is 0 Å². The quantitative estimate of drug-likeness (QED) is 0.390. The number of unbranched alkanes of at least 4 members (excludes halogenated alkanes) is 2. The molecule has 0 aliphatic heterocycles. The molecule has 0 aliphatic rings. The molecule has 0 heterocycles. The molecular formula is C10H25NO7P2. The second kappa shape index (κ2) is 9.28. The van der Waals surface area contributed by atoms with Crippen LogP contribution in [0.25, 0.3) is 0 Å². The number of nitrogens with zero attached hydrogens (tertiary/aromatic N) is 1. The van der Waals surface area contributed by atoms with Crippen LogP contribution in [-0.2, 0) is 18.0 Å². The van der Waals surface area contributed by atoms with Gasteiger partial charge in [-0.3, -0.25) is 9.42 Å². The normalized spacial score (nSPS) is 17.1. The smallest absolute Gasteiger partial charge is 0.302 e. The standard InChI is InChI=1S/C10H25NO7P2/c1-4-6-8-11(9-7-5-2)10(3)17-20(15,16)18-19(12,13)14/h10H,4-9H2,1-3H3,(H,15,16)(H2,12,13,14). The summed E-state index contributed by atoms with van der Waals surface area (Å²) in [6.45, 7) is 6.95. The van der Waals surface area contributed by atoms with Crippen LogP contribution in [-0.4, -0.2) is 38.9 Å². The van der Waals surface area contributed by atoms with Gasteiger partial charge in [0.05, 0.1) is 0 Å². The van der Waals surface area contributed by atoms with Gasteiger partial charge < -0.3 is 14.7 Å².